The van der Waals surface area contributed by atoms with E-state index in [9.17, 15) is 13.2 Å². The molecule has 1 atom stereocenters. The van der Waals surface area contributed by atoms with Gasteiger partial charge in [-0.25, -0.2) is 0 Å². The lowest BCUT2D eigenvalue weighted by molar-refractivity contribution is -0.135. The number of nitrogens with one attached hydrogen (secondary N) is 2. The van der Waals surface area contributed by atoms with E-state index in [1.807, 2.05) is 18.2 Å². The number of hydrogen-bond acceptors (Lipinski definition) is 5. The zero-order chi connectivity index (χ0) is 17.7. The monoisotopic (exact) mass is 349 g/mol. The van der Waals surface area contributed by atoms with Gasteiger partial charge in [-0.2, -0.15) is 13.2 Å². The van der Waals surface area contributed by atoms with E-state index < -0.39 is 12.6 Å². The number of fused-ring (bicyclic) bond motifs is 1. The Bertz CT molecular complexity index is 720. The van der Waals surface area contributed by atoms with Crippen LogP contribution in [0.2, 0.25) is 0 Å². The smallest absolute Gasteiger partial charge is 0.371 e. The molecule has 0 aromatic carbocycles. The number of nitrogens with zero attached hydrogens (tertiary/aromatic N) is 3. The summed E-state index contributed by atoms with van der Waals surface area (Å²) < 4.78 is 36.6. The first-order valence-electron chi connectivity index (χ1n) is 8.03. The van der Waals surface area contributed by atoms with Crippen molar-refractivity contribution in [2.24, 2.45) is 9.98 Å². The fourth-order valence-corrected chi connectivity index (χ4v) is 2.60. The van der Waals surface area contributed by atoms with Gasteiger partial charge >= 0.3 is 6.18 Å². The second-order valence-corrected chi connectivity index (χ2v) is 5.73. The van der Waals surface area contributed by atoms with Crippen LogP contribution in [0.1, 0.15) is 24.8 Å². The summed E-state index contributed by atoms with van der Waals surface area (Å²) in [6.45, 7) is 0.448. The third-order valence-corrected chi connectivity index (χ3v) is 3.83. The molecule has 1 aromatic rings. The Morgan fingerprint density at radius 1 is 1.16 bits per heavy atom. The van der Waals surface area contributed by atoms with Crippen LogP contribution in [0.4, 0.5) is 13.2 Å². The van der Waals surface area contributed by atoms with Gasteiger partial charge in [0.05, 0.1) is 0 Å². The van der Waals surface area contributed by atoms with E-state index in [4.69, 9.17) is 0 Å². The van der Waals surface area contributed by atoms with E-state index >= 15 is 0 Å². The van der Waals surface area contributed by atoms with Crippen molar-refractivity contribution in [1.82, 2.24) is 15.6 Å². The van der Waals surface area contributed by atoms with Gasteiger partial charge in [0, 0.05) is 48.9 Å². The standard InChI is InChI=1S/C17H18F3N5/c18-17(19,20)6-1-2-7-23-16-13-5-10-22-11-14(13)24-15(25-16)12-3-8-21-9-4-12/h3-5,8-11,14,23H,1-2,6-7H2,(H,24,25). The average molecular weight is 349 g/mol. The van der Waals surface area contributed by atoms with Crippen molar-refractivity contribution < 1.29 is 13.2 Å². The van der Waals surface area contributed by atoms with Gasteiger partial charge < -0.3 is 10.6 Å². The first-order chi connectivity index (χ1) is 12.0. The highest BCUT2D eigenvalue weighted by Crippen LogP contribution is 2.22. The van der Waals surface area contributed by atoms with Crippen molar-refractivity contribution in [2.45, 2.75) is 31.5 Å². The maximum atomic E-state index is 12.2. The zero-order valence-corrected chi connectivity index (χ0v) is 13.4. The highest BCUT2D eigenvalue weighted by atomic mass is 19.4. The number of hydrogen-bond donors (Lipinski definition) is 2. The molecule has 0 radical (unpaired) electrons. The molecule has 3 rings (SSSR count). The van der Waals surface area contributed by atoms with Crippen molar-refractivity contribution in [3.63, 3.8) is 0 Å². The van der Waals surface area contributed by atoms with Crippen LogP contribution in [-0.2, 0) is 0 Å². The summed E-state index contributed by atoms with van der Waals surface area (Å²) in [7, 11) is 0. The Hall–Kier alpha value is -2.64. The summed E-state index contributed by atoms with van der Waals surface area (Å²) in [5.41, 5.74) is 1.80. The average Bonchev–Trinajstić information content (AvgIpc) is 2.61. The lowest BCUT2D eigenvalue weighted by Crippen LogP contribution is -2.40. The van der Waals surface area contributed by atoms with Crippen molar-refractivity contribution in [1.29, 1.82) is 0 Å². The number of amidine groups is 1. The summed E-state index contributed by atoms with van der Waals surface area (Å²) in [6, 6.07) is 3.47. The minimum Gasteiger partial charge on any atom is -0.371 e. The lowest BCUT2D eigenvalue weighted by Gasteiger charge is -2.27. The van der Waals surface area contributed by atoms with Gasteiger partial charge in [-0.3, -0.25) is 15.0 Å². The summed E-state index contributed by atoms with van der Waals surface area (Å²) in [6.07, 6.45) is 4.30. The molecule has 2 N–H and O–H groups in total. The van der Waals surface area contributed by atoms with Gasteiger partial charge in [0.15, 0.2) is 0 Å². The fourth-order valence-electron chi connectivity index (χ4n) is 2.60. The number of rotatable bonds is 6. The molecular formula is C17H18F3N5. The second kappa shape index (κ2) is 7.50. The van der Waals surface area contributed by atoms with E-state index in [1.165, 1.54) is 0 Å². The van der Waals surface area contributed by atoms with Crippen LogP contribution < -0.4 is 10.6 Å². The number of pyridine rings is 1. The third-order valence-electron chi connectivity index (χ3n) is 3.83. The van der Waals surface area contributed by atoms with Gasteiger partial charge in [0.2, 0.25) is 0 Å². The molecule has 3 heterocycles. The predicted octanol–water partition coefficient (Wildman–Crippen LogP) is 2.93. The number of aromatic nitrogens is 1. The number of halogens is 3. The summed E-state index contributed by atoms with van der Waals surface area (Å²) in [4.78, 5) is 12.7. The van der Waals surface area contributed by atoms with Gasteiger partial charge in [-0.15, -0.1) is 0 Å². The normalized spacial score (nSPS) is 19.3. The Labute approximate surface area is 143 Å². The molecule has 0 bridgehead atoms. The minimum absolute atomic E-state index is 0.102. The minimum atomic E-state index is -4.10. The van der Waals surface area contributed by atoms with Crippen molar-refractivity contribution >= 4 is 12.1 Å². The SMILES string of the molecule is FC(F)(F)CCCCNC1=C2C=CN=CC2N=C(c2ccncc2)N1. The molecule has 8 heteroatoms. The molecule has 0 spiro atoms. The van der Waals surface area contributed by atoms with Gasteiger partial charge in [0.25, 0.3) is 0 Å². The third kappa shape index (κ3) is 4.68. The van der Waals surface area contributed by atoms with Crippen LogP contribution in [0.25, 0.3) is 0 Å². The maximum absolute atomic E-state index is 12.2. The van der Waals surface area contributed by atoms with Gasteiger partial charge in [-0.1, -0.05) is 0 Å². The van der Waals surface area contributed by atoms with Gasteiger partial charge in [-0.05, 0) is 31.1 Å². The van der Waals surface area contributed by atoms with Crippen molar-refractivity contribution in [3.8, 4) is 0 Å². The summed E-state index contributed by atoms with van der Waals surface area (Å²) in [5.74, 6) is 1.43. The largest absolute Gasteiger partial charge is 0.389 e. The molecule has 1 aromatic heterocycles. The summed E-state index contributed by atoms with van der Waals surface area (Å²) in [5, 5.41) is 6.43. The summed E-state index contributed by atoms with van der Waals surface area (Å²) >= 11 is 0. The molecule has 0 saturated carbocycles. The quantitative estimate of drug-likeness (QED) is 0.777. The molecule has 2 aliphatic rings. The zero-order valence-electron chi connectivity index (χ0n) is 13.4. The Morgan fingerprint density at radius 3 is 2.72 bits per heavy atom. The Morgan fingerprint density at radius 2 is 1.96 bits per heavy atom. The molecule has 2 aliphatic heterocycles. The number of aliphatic imine (C=N–C) groups is 2. The van der Waals surface area contributed by atoms with Crippen LogP contribution in [0.3, 0.4) is 0 Å². The highest BCUT2D eigenvalue weighted by Gasteiger charge is 2.26. The molecule has 0 amide bonds. The van der Waals surface area contributed by atoms with Crippen LogP contribution >= 0.6 is 0 Å². The van der Waals surface area contributed by atoms with E-state index in [-0.39, 0.29) is 12.5 Å². The van der Waals surface area contributed by atoms with Crippen LogP contribution in [0, 0.1) is 0 Å². The molecule has 0 saturated heterocycles. The van der Waals surface area contributed by atoms with E-state index in [1.54, 1.807) is 24.8 Å². The predicted molar refractivity (Wildman–Crippen MR) is 90.3 cm³/mol. The fraction of sp³-hybridized carbons (Fsp3) is 0.353. The molecule has 25 heavy (non-hydrogen) atoms. The molecule has 1 unspecified atom stereocenters. The first-order valence-corrected chi connectivity index (χ1v) is 8.03. The Balaban J connectivity index is 1.66. The van der Waals surface area contributed by atoms with Crippen LogP contribution in [0.5, 0.6) is 0 Å². The molecule has 132 valence electrons. The highest BCUT2D eigenvalue weighted by molar-refractivity contribution is 6.02. The van der Waals surface area contributed by atoms with E-state index in [0.29, 0.717) is 18.8 Å². The number of alkyl halides is 3. The molecule has 5 nitrogen and oxygen atoms in total. The molecular weight excluding hydrogens is 331 g/mol. The number of unbranched alkanes of at least 4 members (excludes halogenated alkanes) is 1. The maximum Gasteiger partial charge on any atom is 0.389 e. The van der Waals surface area contributed by atoms with Crippen LogP contribution in [-0.4, -0.2) is 35.8 Å². The van der Waals surface area contributed by atoms with Crippen molar-refractivity contribution in [2.75, 3.05) is 6.54 Å². The van der Waals surface area contributed by atoms with E-state index in [0.717, 1.165) is 17.0 Å². The molecule has 0 fully saturated rings. The topological polar surface area (TPSA) is 61.7 Å². The Kier molecular flexibility index (Phi) is 5.16. The molecule has 0 aliphatic carbocycles. The second-order valence-electron chi connectivity index (χ2n) is 5.73. The first kappa shape index (κ1) is 17.2. The lowest BCUT2D eigenvalue weighted by atomic mass is 10.0. The van der Waals surface area contributed by atoms with Crippen LogP contribution in [0.15, 0.2) is 58.2 Å². The van der Waals surface area contributed by atoms with Crippen molar-refractivity contribution in [3.05, 3.63) is 53.8 Å². The van der Waals surface area contributed by atoms with E-state index in [2.05, 4.69) is 25.6 Å². The van der Waals surface area contributed by atoms with Gasteiger partial charge in [0.1, 0.15) is 17.7 Å².